The zero-order valence-electron chi connectivity index (χ0n) is 9.77. The lowest BCUT2D eigenvalue weighted by atomic mass is 10.2. The van der Waals surface area contributed by atoms with Crippen molar-refractivity contribution in [3.63, 3.8) is 0 Å². The summed E-state index contributed by atoms with van der Waals surface area (Å²) in [6.45, 7) is 0. The Balaban J connectivity index is 2.17. The van der Waals surface area contributed by atoms with Crippen molar-refractivity contribution in [1.82, 2.24) is 4.98 Å². The predicted molar refractivity (Wildman–Crippen MR) is 68.0 cm³/mol. The number of carbonyl (C=O) groups excluding carboxylic acids is 1. The second kappa shape index (κ2) is 5.18. The van der Waals surface area contributed by atoms with Crippen LogP contribution in [0.15, 0.2) is 47.4 Å². The van der Waals surface area contributed by atoms with Gasteiger partial charge in [0.15, 0.2) is 0 Å². The first kappa shape index (κ1) is 11.9. The van der Waals surface area contributed by atoms with Gasteiger partial charge in [-0.1, -0.05) is 0 Å². The highest BCUT2D eigenvalue weighted by atomic mass is 16.5. The second-order valence-corrected chi connectivity index (χ2v) is 3.60. The lowest BCUT2D eigenvalue weighted by Crippen LogP contribution is -2.19. The molecule has 2 N–H and O–H groups in total. The smallest absolute Gasteiger partial charge is 0.271 e. The highest BCUT2D eigenvalue weighted by molar-refractivity contribution is 6.04. The Morgan fingerprint density at radius 1 is 1.22 bits per heavy atom. The Morgan fingerprint density at radius 3 is 2.56 bits per heavy atom. The summed E-state index contributed by atoms with van der Waals surface area (Å²) in [7, 11) is 1.55. The van der Waals surface area contributed by atoms with Crippen LogP contribution in [0.4, 0.5) is 5.69 Å². The summed E-state index contributed by atoms with van der Waals surface area (Å²) in [5.74, 6) is 0.332. The Bertz CT molecular complexity index is 602. The topological polar surface area (TPSA) is 71.2 Å². The van der Waals surface area contributed by atoms with Crippen LogP contribution in [0, 0.1) is 0 Å². The van der Waals surface area contributed by atoms with Gasteiger partial charge in [0.1, 0.15) is 11.4 Å². The van der Waals surface area contributed by atoms with E-state index in [-0.39, 0.29) is 17.2 Å². The van der Waals surface area contributed by atoms with Crippen molar-refractivity contribution in [2.75, 3.05) is 12.4 Å². The number of H-pyrrole nitrogens is 1. The van der Waals surface area contributed by atoms with E-state index in [0.717, 1.165) is 0 Å². The van der Waals surface area contributed by atoms with Crippen LogP contribution in [0.1, 0.15) is 10.4 Å². The number of methoxy groups -OCH3 is 1. The summed E-state index contributed by atoms with van der Waals surface area (Å²) in [5, 5.41) is 2.54. The molecular formula is C13H12N2O3. The lowest BCUT2D eigenvalue weighted by molar-refractivity contribution is 0.102. The molecule has 0 aliphatic rings. The molecule has 2 rings (SSSR count). The average Bonchev–Trinajstić information content (AvgIpc) is 2.41. The number of amides is 1. The number of rotatable bonds is 3. The van der Waals surface area contributed by atoms with Crippen molar-refractivity contribution in [1.29, 1.82) is 0 Å². The summed E-state index contributed by atoms with van der Waals surface area (Å²) in [6.07, 6.45) is 1.51. The quantitative estimate of drug-likeness (QED) is 0.862. The van der Waals surface area contributed by atoms with Crippen LogP contribution in [0.5, 0.6) is 5.75 Å². The minimum absolute atomic E-state index is 0.221. The van der Waals surface area contributed by atoms with E-state index in [1.165, 1.54) is 6.20 Å². The highest BCUT2D eigenvalue weighted by Gasteiger charge is 2.07. The number of nitrogens with one attached hydrogen (secondary N) is 2. The predicted octanol–water partition coefficient (Wildman–Crippen LogP) is 1.64. The number of carbonyl (C=O) groups is 1. The number of anilines is 1. The summed E-state index contributed by atoms with van der Waals surface area (Å²) in [4.78, 5) is 25.7. The summed E-state index contributed by atoms with van der Waals surface area (Å²) in [6, 6.07) is 9.82. The minimum atomic E-state index is -0.339. The zero-order valence-corrected chi connectivity index (χ0v) is 9.77. The van der Waals surface area contributed by atoms with Crippen LogP contribution in [-0.4, -0.2) is 18.0 Å². The van der Waals surface area contributed by atoms with Crippen LogP contribution in [0.2, 0.25) is 0 Å². The fourth-order valence-electron chi connectivity index (χ4n) is 1.46. The van der Waals surface area contributed by atoms with Gasteiger partial charge in [0.05, 0.1) is 7.11 Å². The number of aromatic nitrogens is 1. The van der Waals surface area contributed by atoms with Gasteiger partial charge < -0.3 is 15.0 Å². The molecular weight excluding hydrogens is 232 g/mol. The molecule has 1 aromatic heterocycles. The molecule has 0 atom stereocenters. The molecule has 0 aliphatic heterocycles. The van der Waals surface area contributed by atoms with Crippen molar-refractivity contribution in [2.24, 2.45) is 0 Å². The standard InChI is InChI=1S/C13H12N2O3/c1-18-10-6-4-9(5-7-10)12(16)15-11-3-2-8-14-13(11)17/h2-8H,1H3,(H,14,17)(H,15,16). The molecule has 92 valence electrons. The number of hydrogen-bond donors (Lipinski definition) is 2. The number of hydrogen-bond acceptors (Lipinski definition) is 3. The minimum Gasteiger partial charge on any atom is -0.497 e. The third-order valence-electron chi connectivity index (χ3n) is 2.42. The summed E-state index contributed by atoms with van der Waals surface area (Å²) < 4.78 is 5.00. The molecule has 2 aromatic rings. The normalized spacial score (nSPS) is 9.83. The van der Waals surface area contributed by atoms with E-state index in [1.807, 2.05) is 0 Å². The molecule has 0 bridgehead atoms. The van der Waals surface area contributed by atoms with E-state index in [9.17, 15) is 9.59 Å². The van der Waals surface area contributed by atoms with Crippen LogP contribution < -0.4 is 15.6 Å². The molecule has 5 heteroatoms. The van der Waals surface area contributed by atoms with Crippen molar-refractivity contribution in [3.05, 3.63) is 58.5 Å². The van der Waals surface area contributed by atoms with Crippen molar-refractivity contribution >= 4 is 11.6 Å². The van der Waals surface area contributed by atoms with Gasteiger partial charge in [0, 0.05) is 11.8 Å². The SMILES string of the molecule is COc1ccc(C(=O)Nc2ccc[nH]c2=O)cc1. The molecule has 0 fully saturated rings. The monoisotopic (exact) mass is 244 g/mol. The van der Waals surface area contributed by atoms with Gasteiger partial charge >= 0.3 is 0 Å². The largest absolute Gasteiger partial charge is 0.497 e. The Kier molecular flexibility index (Phi) is 3.43. The van der Waals surface area contributed by atoms with E-state index in [2.05, 4.69) is 10.3 Å². The third kappa shape index (κ3) is 2.57. The van der Waals surface area contributed by atoms with Gasteiger partial charge in [-0.3, -0.25) is 9.59 Å². The van der Waals surface area contributed by atoms with E-state index in [4.69, 9.17) is 4.74 Å². The van der Waals surface area contributed by atoms with Gasteiger partial charge in [-0.15, -0.1) is 0 Å². The molecule has 1 heterocycles. The molecule has 0 unspecified atom stereocenters. The molecule has 18 heavy (non-hydrogen) atoms. The molecule has 1 amide bonds. The van der Waals surface area contributed by atoms with Gasteiger partial charge in [0.25, 0.3) is 11.5 Å². The average molecular weight is 244 g/mol. The maximum Gasteiger partial charge on any atom is 0.271 e. The van der Waals surface area contributed by atoms with Gasteiger partial charge in [-0.2, -0.15) is 0 Å². The van der Waals surface area contributed by atoms with Gasteiger partial charge in [-0.05, 0) is 36.4 Å². The Hall–Kier alpha value is -2.56. The van der Waals surface area contributed by atoms with Crippen LogP contribution in [0.3, 0.4) is 0 Å². The van der Waals surface area contributed by atoms with E-state index in [1.54, 1.807) is 43.5 Å². The third-order valence-corrected chi connectivity index (χ3v) is 2.42. The molecule has 0 saturated heterocycles. The fourth-order valence-corrected chi connectivity index (χ4v) is 1.46. The van der Waals surface area contributed by atoms with Crippen LogP contribution in [-0.2, 0) is 0 Å². The number of aromatic amines is 1. The zero-order chi connectivity index (χ0) is 13.0. The Labute approximate surface area is 103 Å². The molecule has 0 saturated carbocycles. The van der Waals surface area contributed by atoms with Gasteiger partial charge in [0.2, 0.25) is 0 Å². The van der Waals surface area contributed by atoms with Gasteiger partial charge in [-0.25, -0.2) is 0 Å². The maximum atomic E-state index is 11.9. The maximum absolute atomic E-state index is 11.9. The van der Waals surface area contributed by atoms with Crippen LogP contribution in [0.25, 0.3) is 0 Å². The molecule has 5 nitrogen and oxygen atoms in total. The molecule has 0 spiro atoms. The Morgan fingerprint density at radius 2 is 1.94 bits per heavy atom. The number of pyridine rings is 1. The first-order valence-corrected chi connectivity index (χ1v) is 5.34. The summed E-state index contributed by atoms with van der Waals surface area (Å²) in [5.41, 5.74) is 0.344. The van der Waals surface area contributed by atoms with Crippen molar-refractivity contribution < 1.29 is 9.53 Å². The van der Waals surface area contributed by atoms with E-state index in [0.29, 0.717) is 11.3 Å². The van der Waals surface area contributed by atoms with E-state index < -0.39 is 0 Å². The van der Waals surface area contributed by atoms with Crippen molar-refractivity contribution in [2.45, 2.75) is 0 Å². The van der Waals surface area contributed by atoms with Crippen molar-refractivity contribution in [3.8, 4) is 5.75 Å². The number of ether oxygens (including phenoxy) is 1. The molecule has 0 radical (unpaired) electrons. The fraction of sp³-hybridized carbons (Fsp3) is 0.0769. The lowest BCUT2D eigenvalue weighted by Gasteiger charge is -2.05. The first-order chi connectivity index (χ1) is 8.70. The van der Waals surface area contributed by atoms with Crippen LogP contribution >= 0.6 is 0 Å². The molecule has 0 aliphatic carbocycles. The number of benzene rings is 1. The summed E-state index contributed by atoms with van der Waals surface area (Å²) >= 11 is 0. The van der Waals surface area contributed by atoms with E-state index >= 15 is 0 Å². The second-order valence-electron chi connectivity index (χ2n) is 3.60. The highest BCUT2D eigenvalue weighted by Crippen LogP contribution is 2.12. The first-order valence-electron chi connectivity index (χ1n) is 5.34. The molecule has 1 aromatic carbocycles.